The molecule has 0 aliphatic carbocycles. The van der Waals surface area contributed by atoms with Crippen molar-refractivity contribution in [2.45, 2.75) is 0 Å². The maximum Gasteiger partial charge on any atom is 1.00 e. The van der Waals surface area contributed by atoms with Gasteiger partial charge in [-0.1, -0.05) is 0 Å². The Kier molecular flexibility index (Phi) is 4.11. The number of tetrazole rings is 1. The van der Waals surface area contributed by atoms with E-state index in [0.717, 1.165) is 4.80 Å². The largest absolute Gasteiger partial charge is 1.00 e. The van der Waals surface area contributed by atoms with Gasteiger partial charge in [-0.3, -0.25) is 0 Å². The van der Waals surface area contributed by atoms with Crippen LogP contribution in [-0.4, -0.2) is 26.2 Å². The monoisotopic (exact) mass is 230 g/mol. The summed E-state index contributed by atoms with van der Waals surface area (Å²) in [6.07, 6.45) is 0. The van der Waals surface area contributed by atoms with E-state index in [9.17, 15) is 14.3 Å². The van der Waals surface area contributed by atoms with Crippen molar-refractivity contribution in [3.05, 3.63) is 35.9 Å². The Balaban J connectivity index is 0.00000128. The molecule has 0 atom stereocenters. The van der Waals surface area contributed by atoms with Crippen LogP contribution >= 0.6 is 0 Å². The normalized spacial score (nSPS) is 9.56. The maximum absolute atomic E-state index is 12.6. The number of carbonyl (C=O) groups excluding carboxylic acids is 1. The molecule has 0 unspecified atom stereocenters. The van der Waals surface area contributed by atoms with E-state index in [1.54, 1.807) is 0 Å². The number of rotatable bonds is 2. The Morgan fingerprint density at radius 3 is 2.44 bits per heavy atom. The van der Waals surface area contributed by atoms with E-state index >= 15 is 0 Å². The average molecular weight is 230 g/mol. The van der Waals surface area contributed by atoms with Crippen LogP contribution in [0.5, 0.6) is 0 Å². The fourth-order valence-corrected chi connectivity index (χ4v) is 0.980. The number of carbonyl (C=O) groups is 1. The van der Waals surface area contributed by atoms with Crippen molar-refractivity contribution in [3.63, 3.8) is 0 Å². The summed E-state index contributed by atoms with van der Waals surface area (Å²) in [5.74, 6) is -2.43. The Labute approximate surface area is 111 Å². The number of nitrogens with zero attached hydrogens (tertiary/aromatic N) is 4. The summed E-state index contributed by atoms with van der Waals surface area (Å²) in [6.45, 7) is 0. The number of aromatic nitrogens is 4. The zero-order chi connectivity index (χ0) is 10.8. The van der Waals surface area contributed by atoms with E-state index in [1.165, 1.54) is 24.3 Å². The zero-order valence-corrected chi connectivity index (χ0v) is 10.3. The molecule has 2 aromatic rings. The molecule has 0 aliphatic heterocycles. The second-order valence-electron chi connectivity index (χ2n) is 2.67. The van der Waals surface area contributed by atoms with Gasteiger partial charge in [-0.2, -0.15) is 0 Å². The minimum atomic E-state index is -1.51. The summed E-state index contributed by atoms with van der Waals surface area (Å²) >= 11 is 0. The quantitative estimate of drug-likeness (QED) is 0.493. The van der Waals surface area contributed by atoms with Gasteiger partial charge in [-0.15, -0.1) is 15.0 Å². The second kappa shape index (κ2) is 5.15. The van der Waals surface area contributed by atoms with Crippen LogP contribution in [0.3, 0.4) is 0 Å². The molecule has 0 bridgehead atoms. The number of hydrogen-bond acceptors (Lipinski definition) is 5. The predicted molar refractivity (Wildman–Crippen MR) is 43.4 cm³/mol. The molecular formula is C8H4FN4NaO2. The molecule has 0 spiro atoms. The number of hydrogen-bond donors (Lipinski definition) is 0. The third-order valence-corrected chi connectivity index (χ3v) is 1.65. The number of carboxylic acids is 1. The Morgan fingerprint density at radius 1 is 1.31 bits per heavy atom. The van der Waals surface area contributed by atoms with Crippen molar-refractivity contribution >= 4 is 5.97 Å². The van der Waals surface area contributed by atoms with Crippen LogP contribution in [0.2, 0.25) is 0 Å². The molecule has 76 valence electrons. The van der Waals surface area contributed by atoms with Gasteiger partial charge in [0.25, 0.3) is 0 Å². The molecule has 16 heavy (non-hydrogen) atoms. The Morgan fingerprint density at radius 2 is 1.94 bits per heavy atom. The number of halogens is 1. The standard InChI is InChI=1S/C8H5FN4O2.Na/c9-5-1-3-6(4-2-5)13-11-7(8(14)15)10-12-13;/h1-4H,(H,14,15);/q;+1/p-1. The van der Waals surface area contributed by atoms with Crippen molar-refractivity contribution in [2.24, 2.45) is 0 Å². The summed E-state index contributed by atoms with van der Waals surface area (Å²) in [5, 5.41) is 20.6. The molecule has 0 saturated carbocycles. The van der Waals surface area contributed by atoms with Crippen LogP contribution in [0, 0.1) is 5.82 Å². The van der Waals surface area contributed by atoms with Crippen molar-refractivity contribution in [1.29, 1.82) is 0 Å². The third-order valence-electron chi connectivity index (χ3n) is 1.65. The molecule has 1 heterocycles. The fraction of sp³-hybridized carbons (Fsp3) is 0. The van der Waals surface area contributed by atoms with Crippen LogP contribution in [0.1, 0.15) is 10.6 Å². The van der Waals surface area contributed by atoms with Crippen molar-refractivity contribution in [1.82, 2.24) is 20.2 Å². The van der Waals surface area contributed by atoms with Gasteiger partial charge in [0.05, 0.1) is 5.69 Å². The van der Waals surface area contributed by atoms with Crippen molar-refractivity contribution < 1.29 is 43.8 Å². The van der Waals surface area contributed by atoms with Crippen LogP contribution < -0.4 is 34.7 Å². The molecule has 0 aliphatic rings. The molecule has 0 saturated heterocycles. The van der Waals surface area contributed by atoms with Gasteiger partial charge in [-0.05, 0) is 29.5 Å². The van der Waals surface area contributed by atoms with Gasteiger partial charge < -0.3 is 9.90 Å². The van der Waals surface area contributed by atoms with Crippen molar-refractivity contribution in [2.75, 3.05) is 0 Å². The zero-order valence-electron chi connectivity index (χ0n) is 8.29. The molecule has 1 aromatic carbocycles. The van der Waals surface area contributed by atoms with Crippen LogP contribution in [0.4, 0.5) is 4.39 Å². The van der Waals surface area contributed by atoms with Gasteiger partial charge in [0, 0.05) is 0 Å². The van der Waals surface area contributed by atoms with E-state index in [2.05, 4.69) is 15.4 Å². The van der Waals surface area contributed by atoms with E-state index in [0.29, 0.717) is 5.69 Å². The maximum atomic E-state index is 12.6. The summed E-state index contributed by atoms with van der Waals surface area (Å²) in [4.78, 5) is 11.3. The molecule has 2 rings (SSSR count). The van der Waals surface area contributed by atoms with E-state index in [-0.39, 0.29) is 29.6 Å². The number of carboxylic acid groups (broad SMARTS) is 1. The first kappa shape index (κ1) is 12.8. The topological polar surface area (TPSA) is 83.7 Å². The molecule has 6 nitrogen and oxygen atoms in total. The van der Waals surface area contributed by atoms with Crippen LogP contribution in [0.25, 0.3) is 5.69 Å². The molecule has 1 aromatic heterocycles. The number of aromatic carboxylic acids is 1. The molecule has 8 heteroatoms. The second-order valence-corrected chi connectivity index (χ2v) is 2.67. The third kappa shape index (κ3) is 2.63. The number of benzene rings is 1. The first-order chi connectivity index (χ1) is 7.16. The first-order valence-corrected chi connectivity index (χ1v) is 3.94. The molecule has 0 radical (unpaired) electrons. The first-order valence-electron chi connectivity index (χ1n) is 3.94. The van der Waals surface area contributed by atoms with Gasteiger partial charge in [0.1, 0.15) is 11.8 Å². The molecule has 0 fully saturated rings. The molecule has 0 amide bonds. The van der Waals surface area contributed by atoms with Crippen molar-refractivity contribution in [3.8, 4) is 5.69 Å². The molecular weight excluding hydrogens is 226 g/mol. The van der Waals surface area contributed by atoms with Gasteiger partial charge in [0.2, 0.25) is 5.82 Å². The van der Waals surface area contributed by atoms with Crippen LogP contribution in [0.15, 0.2) is 24.3 Å². The van der Waals surface area contributed by atoms with Gasteiger partial charge in [0.15, 0.2) is 0 Å². The minimum absolute atomic E-state index is 0. The predicted octanol–water partition coefficient (Wildman–Crippen LogP) is -3.83. The Bertz CT molecular complexity index is 499. The fourth-order valence-electron chi connectivity index (χ4n) is 0.980. The van der Waals surface area contributed by atoms with E-state index in [4.69, 9.17) is 0 Å². The summed E-state index contributed by atoms with van der Waals surface area (Å²) in [6, 6.07) is 5.21. The Hall–Kier alpha value is -1.31. The SMILES string of the molecule is O=C([O-])c1nnn(-c2ccc(F)cc2)n1.[Na+]. The summed E-state index contributed by atoms with van der Waals surface area (Å²) in [5.41, 5.74) is 0.413. The summed E-state index contributed by atoms with van der Waals surface area (Å²) < 4.78 is 12.6. The van der Waals surface area contributed by atoms with E-state index < -0.39 is 17.6 Å². The minimum Gasteiger partial charge on any atom is -0.541 e. The summed E-state index contributed by atoms with van der Waals surface area (Å²) in [7, 11) is 0. The smallest absolute Gasteiger partial charge is 0.541 e. The van der Waals surface area contributed by atoms with Gasteiger partial charge >= 0.3 is 29.6 Å². The van der Waals surface area contributed by atoms with Gasteiger partial charge in [-0.25, -0.2) is 4.39 Å². The van der Waals surface area contributed by atoms with Crippen LogP contribution in [-0.2, 0) is 0 Å². The molecule has 0 N–H and O–H groups in total. The van der Waals surface area contributed by atoms with E-state index in [1.807, 2.05) is 0 Å². The average Bonchev–Trinajstić information content (AvgIpc) is 2.68.